The van der Waals surface area contributed by atoms with Crippen LogP contribution in [0.15, 0.2) is 24.3 Å². The van der Waals surface area contributed by atoms with Gasteiger partial charge in [0, 0.05) is 18.0 Å². The molecule has 1 aliphatic carbocycles. The molecule has 1 aromatic carbocycles. The first-order valence-electron chi connectivity index (χ1n) is 8.24. The molecule has 2 heterocycles. The van der Waals surface area contributed by atoms with Gasteiger partial charge in [-0.25, -0.2) is 0 Å². The van der Waals surface area contributed by atoms with E-state index in [0.29, 0.717) is 12.6 Å². The first-order valence-corrected chi connectivity index (χ1v) is 8.24. The minimum Gasteiger partial charge on any atom is -0.352 e. The maximum Gasteiger partial charge on any atom is 0.243 e. The van der Waals surface area contributed by atoms with Crippen LogP contribution in [-0.4, -0.2) is 45.5 Å². The second kappa shape index (κ2) is 5.68. The normalized spacial score (nSPS) is 20.9. The van der Waals surface area contributed by atoms with E-state index < -0.39 is 0 Å². The van der Waals surface area contributed by atoms with Gasteiger partial charge in [0.2, 0.25) is 11.8 Å². The summed E-state index contributed by atoms with van der Waals surface area (Å²) in [4.78, 5) is 26.7. The number of hydrogen-bond donors (Lipinski definition) is 2. The fraction of sp³-hybridized carbons (Fsp3) is 0.471. The zero-order valence-electron chi connectivity index (χ0n) is 12.9. The lowest BCUT2D eigenvalue weighted by Gasteiger charge is -2.23. The molecule has 0 bridgehead atoms. The third-order valence-electron chi connectivity index (χ3n) is 4.67. The van der Waals surface area contributed by atoms with E-state index in [1.165, 1.54) is 0 Å². The number of hydrogen-bond acceptors (Lipinski definition) is 3. The van der Waals surface area contributed by atoms with Gasteiger partial charge in [0.15, 0.2) is 0 Å². The summed E-state index contributed by atoms with van der Waals surface area (Å²) in [6, 6.07) is 7.76. The summed E-state index contributed by atoms with van der Waals surface area (Å²) in [5, 5.41) is 11.2. The summed E-state index contributed by atoms with van der Waals surface area (Å²) in [5.74, 6) is 0.000619. The monoisotopic (exact) mass is 312 g/mol. The third-order valence-corrected chi connectivity index (χ3v) is 4.67. The first-order chi connectivity index (χ1) is 11.2. The fourth-order valence-corrected chi connectivity index (χ4v) is 3.26. The number of fused-ring (bicyclic) bond motifs is 1. The summed E-state index contributed by atoms with van der Waals surface area (Å²) in [5.41, 5.74) is 1.68. The van der Waals surface area contributed by atoms with Crippen molar-refractivity contribution in [2.24, 2.45) is 0 Å². The number of rotatable bonds is 4. The summed E-state index contributed by atoms with van der Waals surface area (Å²) in [6.07, 6.45) is 4.03. The van der Waals surface area contributed by atoms with Crippen LogP contribution in [0.1, 0.15) is 31.4 Å². The maximum atomic E-state index is 12.7. The second-order valence-electron chi connectivity index (χ2n) is 6.42. The number of benzene rings is 1. The van der Waals surface area contributed by atoms with Crippen molar-refractivity contribution in [1.82, 2.24) is 20.4 Å². The molecule has 6 nitrogen and oxygen atoms in total. The molecule has 1 atom stereocenters. The van der Waals surface area contributed by atoms with Crippen molar-refractivity contribution in [2.75, 3.05) is 6.54 Å². The second-order valence-corrected chi connectivity index (χ2v) is 6.42. The topological polar surface area (TPSA) is 78.1 Å². The summed E-state index contributed by atoms with van der Waals surface area (Å²) >= 11 is 0. The van der Waals surface area contributed by atoms with Gasteiger partial charge in [0.1, 0.15) is 6.04 Å². The number of aromatic nitrogens is 2. The van der Waals surface area contributed by atoms with E-state index in [2.05, 4.69) is 15.5 Å². The van der Waals surface area contributed by atoms with Crippen molar-refractivity contribution in [3.63, 3.8) is 0 Å². The Kier molecular flexibility index (Phi) is 3.52. The van der Waals surface area contributed by atoms with E-state index in [9.17, 15) is 9.59 Å². The molecule has 2 fully saturated rings. The molecule has 1 aromatic heterocycles. The molecule has 2 N–H and O–H groups in total. The Hall–Kier alpha value is -2.37. The van der Waals surface area contributed by atoms with Crippen molar-refractivity contribution in [2.45, 2.75) is 44.2 Å². The molecule has 1 saturated carbocycles. The highest BCUT2D eigenvalue weighted by atomic mass is 16.2. The van der Waals surface area contributed by atoms with Crippen molar-refractivity contribution in [3.05, 3.63) is 30.0 Å². The number of carbonyl (C=O) groups excluding carboxylic acids is 2. The van der Waals surface area contributed by atoms with Gasteiger partial charge >= 0.3 is 0 Å². The van der Waals surface area contributed by atoms with Crippen LogP contribution >= 0.6 is 0 Å². The predicted octanol–water partition coefficient (Wildman–Crippen LogP) is 1.37. The number of amides is 2. The van der Waals surface area contributed by atoms with Crippen molar-refractivity contribution < 1.29 is 9.59 Å². The number of likely N-dealkylation sites (tertiary alicyclic amines) is 1. The Balaban J connectivity index is 1.48. The van der Waals surface area contributed by atoms with Gasteiger partial charge in [-0.3, -0.25) is 14.7 Å². The van der Waals surface area contributed by atoms with Crippen LogP contribution in [0.3, 0.4) is 0 Å². The molecule has 1 aliphatic heterocycles. The third kappa shape index (κ3) is 2.81. The number of H-pyrrole nitrogens is 1. The van der Waals surface area contributed by atoms with Crippen LogP contribution in [0.25, 0.3) is 10.9 Å². The molecule has 2 amide bonds. The molecular formula is C17H20N4O2. The SMILES string of the molecule is O=C(NC1CC1)C1CCCN1C(=O)Cc1[nH]nc2ccccc12. The Labute approximate surface area is 134 Å². The van der Waals surface area contributed by atoms with Crippen molar-refractivity contribution in [1.29, 1.82) is 0 Å². The van der Waals surface area contributed by atoms with Gasteiger partial charge in [-0.1, -0.05) is 18.2 Å². The average molecular weight is 312 g/mol. The summed E-state index contributed by atoms with van der Waals surface area (Å²) in [6.45, 7) is 0.660. The Morgan fingerprint density at radius 3 is 2.91 bits per heavy atom. The standard InChI is InChI=1S/C17H20N4O2/c22-16(10-14-12-4-1-2-5-13(12)19-20-14)21-9-3-6-15(21)17(23)18-11-7-8-11/h1-2,4-5,11,15H,3,6-10H2,(H,18,23)(H,19,20). The summed E-state index contributed by atoms with van der Waals surface area (Å²) < 4.78 is 0. The Morgan fingerprint density at radius 2 is 2.09 bits per heavy atom. The molecule has 2 aromatic rings. The highest BCUT2D eigenvalue weighted by Gasteiger charge is 2.36. The van der Waals surface area contributed by atoms with Gasteiger partial charge in [-0.15, -0.1) is 0 Å². The molecule has 2 aliphatic rings. The highest BCUT2D eigenvalue weighted by molar-refractivity contribution is 5.91. The average Bonchev–Trinajstić information content (AvgIpc) is 3.09. The largest absolute Gasteiger partial charge is 0.352 e. The number of para-hydroxylation sites is 1. The molecule has 120 valence electrons. The maximum absolute atomic E-state index is 12.7. The molecule has 0 radical (unpaired) electrons. The predicted molar refractivity (Wildman–Crippen MR) is 85.7 cm³/mol. The van der Waals surface area contributed by atoms with E-state index in [1.54, 1.807) is 4.90 Å². The molecule has 4 rings (SSSR count). The van der Waals surface area contributed by atoms with Crippen LogP contribution in [0.5, 0.6) is 0 Å². The molecule has 1 saturated heterocycles. The van der Waals surface area contributed by atoms with Crippen LogP contribution < -0.4 is 5.32 Å². The van der Waals surface area contributed by atoms with E-state index in [0.717, 1.165) is 42.3 Å². The first kappa shape index (κ1) is 14.2. The van der Waals surface area contributed by atoms with Crippen LogP contribution in [0.2, 0.25) is 0 Å². The minimum atomic E-state index is -0.308. The molecular weight excluding hydrogens is 292 g/mol. The number of nitrogens with one attached hydrogen (secondary N) is 2. The lowest BCUT2D eigenvalue weighted by Crippen LogP contribution is -2.47. The lowest BCUT2D eigenvalue weighted by molar-refractivity contribution is -0.138. The smallest absolute Gasteiger partial charge is 0.243 e. The van der Waals surface area contributed by atoms with Gasteiger partial charge in [0.05, 0.1) is 17.6 Å². The molecule has 0 spiro atoms. The van der Waals surface area contributed by atoms with Crippen LogP contribution in [0, 0.1) is 0 Å². The van der Waals surface area contributed by atoms with E-state index >= 15 is 0 Å². The van der Waals surface area contributed by atoms with Crippen LogP contribution in [0.4, 0.5) is 0 Å². The van der Waals surface area contributed by atoms with Gasteiger partial charge in [0.25, 0.3) is 0 Å². The number of nitrogens with zero attached hydrogens (tertiary/aromatic N) is 2. The zero-order chi connectivity index (χ0) is 15.8. The van der Waals surface area contributed by atoms with Crippen molar-refractivity contribution in [3.8, 4) is 0 Å². The molecule has 6 heteroatoms. The van der Waals surface area contributed by atoms with Crippen molar-refractivity contribution >= 4 is 22.7 Å². The van der Waals surface area contributed by atoms with Gasteiger partial charge in [-0.2, -0.15) is 5.10 Å². The molecule has 1 unspecified atom stereocenters. The fourth-order valence-electron chi connectivity index (χ4n) is 3.26. The lowest BCUT2D eigenvalue weighted by atomic mass is 10.1. The summed E-state index contributed by atoms with van der Waals surface area (Å²) in [7, 11) is 0. The van der Waals surface area contributed by atoms with E-state index in [4.69, 9.17) is 0 Å². The quantitative estimate of drug-likeness (QED) is 0.895. The minimum absolute atomic E-state index is 0.00662. The highest BCUT2D eigenvalue weighted by Crippen LogP contribution is 2.23. The zero-order valence-corrected chi connectivity index (χ0v) is 12.9. The van der Waals surface area contributed by atoms with E-state index in [1.807, 2.05) is 24.3 Å². The van der Waals surface area contributed by atoms with Gasteiger partial charge in [-0.05, 0) is 31.7 Å². The number of carbonyl (C=O) groups is 2. The Bertz CT molecular complexity index is 750. The van der Waals surface area contributed by atoms with Crippen LogP contribution in [-0.2, 0) is 16.0 Å². The Morgan fingerprint density at radius 1 is 1.26 bits per heavy atom. The van der Waals surface area contributed by atoms with Gasteiger partial charge < -0.3 is 10.2 Å². The molecule has 23 heavy (non-hydrogen) atoms. The number of aromatic amines is 1. The van der Waals surface area contributed by atoms with E-state index in [-0.39, 0.29) is 24.3 Å².